The summed E-state index contributed by atoms with van der Waals surface area (Å²) in [4.78, 5) is 25.4. The molecule has 1 saturated heterocycles. The van der Waals surface area contributed by atoms with Gasteiger partial charge in [0.2, 0.25) is 6.10 Å². The lowest BCUT2D eigenvalue weighted by Gasteiger charge is -2.25. The highest BCUT2D eigenvalue weighted by Crippen LogP contribution is 2.33. The summed E-state index contributed by atoms with van der Waals surface area (Å²) in [6, 6.07) is 15.3. The van der Waals surface area contributed by atoms with Crippen LogP contribution in [0.15, 0.2) is 48.5 Å². The minimum absolute atomic E-state index is 0.111. The summed E-state index contributed by atoms with van der Waals surface area (Å²) in [6.07, 6.45) is 7.38. The summed E-state index contributed by atoms with van der Waals surface area (Å²) in [5.74, 6) is 0.634. The second-order valence-electron chi connectivity index (χ2n) is 6.70. The van der Waals surface area contributed by atoms with Gasteiger partial charge in [0.25, 0.3) is 0 Å². The lowest BCUT2D eigenvalue weighted by atomic mass is 10.1. The standard InChI is InChI=1S/C21H21NO6.C2H2/c1-25-20(23)19-13-26-17-11-14(7-8-16(17)27-19)9-10-22-12-18(28-21(22)24)15-5-3-2-4-6-15;1-2/h2-8,11,18-19H,9-10,12-13H2,1H3;1-2H/t18-,19?;/m0./s1. The van der Waals surface area contributed by atoms with Gasteiger partial charge >= 0.3 is 12.1 Å². The first-order valence-corrected chi connectivity index (χ1v) is 9.48. The van der Waals surface area contributed by atoms with Crippen LogP contribution in [0.2, 0.25) is 0 Å². The summed E-state index contributed by atoms with van der Waals surface area (Å²) in [7, 11) is 1.32. The molecule has 0 aromatic heterocycles. The van der Waals surface area contributed by atoms with Crippen molar-refractivity contribution < 1.29 is 28.5 Å². The second-order valence-corrected chi connectivity index (χ2v) is 6.70. The number of carbonyl (C=O) groups is 2. The summed E-state index contributed by atoms with van der Waals surface area (Å²) < 4.78 is 21.4. The second kappa shape index (κ2) is 9.70. The van der Waals surface area contributed by atoms with Gasteiger partial charge in [0.15, 0.2) is 11.5 Å². The number of carbonyl (C=O) groups excluding carboxylic acids is 2. The Morgan fingerprint density at radius 2 is 1.90 bits per heavy atom. The van der Waals surface area contributed by atoms with Crippen LogP contribution >= 0.6 is 0 Å². The van der Waals surface area contributed by atoms with E-state index in [0.29, 0.717) is 31.0 Å². The monoisotopic (exact) mass is 409 g/mol. The molecule has 2 aromatic carbocycles. The average Bonchev–Trinajstić information content (AvgIpc) is 3.19. The van der Waals surface area contributed by atoms with E-state index in [1.807, 2.05) is 42.5 Å². The van der Waals surface area contributed by atoms with E-state index in [-0.39, 0.29) is 18.8 Å². The van der Waals surface area contributed by atoms with Crippen molar-refractivity contribution in [3.63, 3.8) is 0 Å². The summed E-state index contributed by atoms with van der Waals surface area (Å²) in [5.41, 5.74) is 2.01. The quantitative estimate of drug-likeness (QED) is 0.558. The number of amides is 1. The smallest absolute Gasteiger partial charge is 0.410 e. The van der Waals surface area contributed by atoms with Crippen LogP contribution in [0.1, 0.15) is 17.2 Å². The molecule has 30 heavy (non-hydrogen) atoms. The number of terminal acetylenes is 1. The number of cyclic esters (lactones) is 1. The van der Waals surface area contributed by atoms with Crippen molar-refractivity contribution in [3.8, 4) is 24.3 Å². The molecule has 0 N–H and O–H groups in total. The van der Waals surface area contributed by atoms with Gasteiger partial charge in [-0.2, -0.15) is 0 Å². The molecule has 0 aliphatic carbocycles. The van der Waals surface area contributed by atoms with Gasteiger partial charge in [-0.05, 0) is 29.7 Å². The Hall–Kier alpha value is -3.66. The Kier molecular flexibility index (Phi) is 6.81. The van der Waals surface area contributed by atoms with E-state index in [9.17, 15) is 9.59 Å². The van der Waals surface area contributed by atoms with Crippen LogP contribution in [0, 0.1) is 12.8 Å². The third kappa shape index (κ3) is 4.66. The van der Waals surface area contributed by atoms with Gasteiger partial charge in [0.1, 0.15) is 12.7 Å². The van der Waals surface area contributed by atoms with Gasteiger partial charge in [-0.25, -0.2) is 9.59 Å². The van der Waals surface area contributed by atoms with Crippen LogP contribution in [-0.2, 0) is 20.7 Å². The molecular formula is C23H23NO6. The van der Waals surface area contributed by atoms with Gasteiger partial charge in [-0.1, -0.05) is 36.4 Å². The Morgan fingerprint density at radius 1 is 1.13 bits per heavy atom. The zero-order chi connectivity index (χ0) is 21.5. The highest BCUT2D eigenvalue weighted by molar-refractivity contribution is 5.75. The fourth-order valence-corrected chi connectivity index (χ4v) is 3.31. The van der Waals surface area contributed by atoms with Gasteiger partial charge in [-0.3, -0.25) is 0 Å². The number of methoxy groups -OCH3 is 1. The Bertz CT molecular complexity index is 910. The number of hydrogen-bond donors (Lipinski definition) is 0. The molecule has 7 nitrogen and oxygen atoms in total. The first-order valence-electron chi connectivity index (χ1n) is 9.48. The maximum Gasteiger partial charge on any atom is 0.410 e. The summed E-state index contributed by atoms with van der Waals surface area (Å²) in [5, 5.41) is 0. The maximum atomic E-state index is 12.2. The van der Waals surface area contributed by atoms with E-state index in [1.165, 1.54) is 7.11 Å². The van der Waals surface area contributed by atoms with Crippen LogP contribution in [0.4, 0.5) is 4.79 Å². The third-order valence-electron chi connectivity index (χ3n) is 4.86. The predicted molar refractivity (Wildman–Crippen MR) is 109 cm³/mol. The fraction of sp³-hybridized carbons (Fsp3) is 0.304. The molecule has 0 radical (unpaired) electrons. The van der Waals surface area contributed by atoms with Crippen molar-refractivity contribution in [3.05, 3.63) is 59.7 Å². The molecule has 2 aliphatic rings. The fourth-order valence-electron chi connectivity index (χ4n) is 3.31. The highest BCUT2D eigenvalue weighted by Gasteiger charge is 2.32. The van der Waals surface area contributed by atoms with Crippen LogP contribution in [-0.4, -0.2) is 49.9 Å². The Balaban J connectivity index is 0.00000124. The topological polar surface area (TPSA) is 74.3 Å². The zero-order valence-corrected chi connectivity index (χ0v) is 16.7. The molecule has 0 bridgehead atoms. The number of ether oxygens (including phenoxy) is 4. The van der Waals surface area contributed by atoms with Crippen LogP contribution in [0.3, 0.4) is 0 Å². The minimum Gasteiger partial charge on any atom is -0.485 e. The number of esters is 1. The third-order valence-corrected chi connectivity index (χ3v) is 4.86. The van der Waals surface area contributed by atoms with Gasteiger partial charge in [0.05, 0.1) is 13.7 Å². The first kappa shape index (κ1) is 21.1. The number of nitrogens with zero attached hydrogens (tertiary/aromatic N) is 1. The minimum atomic E-state index is -0.752. The van der Waals surface area contributed by atoms with E-state index >= 15 is 0 Å². The summed E-state index contributed by atoms with van der Waals surface area (Å²) in [6.45, 7) is 1.20. The van der Waals surface area contributed by atoms with Gasteiger partial charge in [-0.15, -0.1) is 12.8 Å². The van der Waals surface area contributed by atoms with Crippen LogP contribution < -0.4 is 9.47 Å². The predicted octanol–water partition coefficient (Wildman–Crippen LogP) is 2.98. The van der Waals surface area contributed by atoms with Crippen LogP contribution in [0.25, 0.3) is 0 Å². The van der Waals surface area contributed by atoms with Crippen molar-refractivity contribution >= 4 is 12.1 Å². The molecule has 1 unspecified atom stereocenters. The molecule has 2 heterocycles. The molecule has 2 aliphatic heterocycles. The van der Waals surface area contributed by atoms with Crippen LogP contribution in [0.5, 0.6) is 11.5 Å². The lowest BCUT2D eigenvalue weighted by Crippen LogP contribution is -2.37. The number of benzene rings is 2. The summed E-state index contributed by atoms with van der Waals surface area (Å²) >= 11 is 0. The van der Waals surface area contributed by atoms with Gasteiger partial charge in [0, 0.05) is 6.54 Å². The van der Waals surface area contributed by atoms with Crippen molar-refractivity contribution in [1.29, 1.82) is 0 Å². The highest BCUT2D eigenvalue weighted by atomic mass is 16.6. The first-order chi connectivity index (χ1) is 14.6. The molecule has 1 amide bonds. The van der Waals surface area contributed by atoms with Crippen molar-refractivity contribution in [1.82, 2.24) is 4.90 Å². The van der Waals surface area contributed by atoms with Crippen molar-refractivity contribution in [2.75, 3.05) is 26.8 Å². The molecule has 156 valence electrons. The van der Waals surface area contributed by atoms with Crippen molar-refractivity contribution in [2.24, 2.45) is 0 Å². The normalized spacial score (nSPS) is 19.3. The number of fused-ring (bicyclic) bond motifs is 1. The molecular weight excluding hydrogens is 386 g/mol. The Morgan fingerprint density at radius 3 is 2.63 bits per heavy atom. The SMILES string of the molecule is C#C.COC(=O)C1COc2cc(CCN3C[C@@H](c4ccccc4)OC3=O)ccc2O1. The number of hydrogen-bond acceptors (Lipinski definition) is 6. The lowest BCUT2D eigenvalue weighted by molar-refractivity contribution is -0.151. The van der Waals surface area contributed by atoms with E-state index in [4.69, 9.17) is 14.2 Å². The van der Waals surface area contributed by atoms with E-state index in [2.05, 4.69) is 17.6 Å². The molecule has 2 aromatic rings. The van der Waals surface area contributed by atoms with E-state index in [1.54, 1.807) is 11.0 Å². The molecule has 1 fully saturated rings. The van der Waals surface area contributed by atoms with Gasteiger partial charge < -0.3 is 23.8 Å². The van der Waals surface area contributed by atoms with E-state index in [0.717, 1.165) is 11.1 Å². The zero-order valence-electron chi connectivity index (χ0n) is 16.7. The van der Waals surface area contributed by atoms with Crippen molar-refractivity contribution in [2.45, 2.75) is 18.6 Å². The largest absolute Gasteiger partial charge is 0.485 e. The molecule has 2 atom stereocenters. The Labute approximate surface area is 175 Å². The molecule has 4 rings (SSSR count). The number of rotatable bonds is 5. The molecule has 0 spiro atoms. The molecule has 0 saturated carbocycles. The average molecular weight is 409 g/mol. The van der Waals surface area contributed by atoms with E-state index < -0.39 is 12.1 Å². The molecule has 7 heteroatoms. The maximum absolute atomic E-state index is 12.2.